The van der Waals surface area contributed by atoms with Gasteiger partial charge < -0.3 is 4.90 Å². The van der Waals surface area contributed by atoms with Crippen molar-refractivity contribution in [2.45, 2.75) is 32.6 Å². The van der Waals surface area contributed by atoms with Crippen molar-refractivity contribution in [2.24, 2.45) is 5.10 Å². The molecule has 0 aliphatic heterocycles. The average molecular weight is 458 g/mol. The second kappa shape index (κ2) is 8.83. The summed E-state index contributed by atoms with van der Waals surface area (Å²) in [5, 5.41) is 5.18. The van der Waals surface area contributed by atoms with Crippen LogP contribution in [0.1, 0.15) is 34.4 Å². The first-order valence-electron chi connectivity index (χ1n) is 11.2. The summed E-state index contributed by atoms with van der Waals surface area (Å²) in [4.78, 5) is 22.7. The van der Waals surface area contributed by atoms with Gasteiger partial charge in [0.25, 0.3) is 5.56 Å². The molecule has 33 heavy (non-hydrogen) atoms. The number of anilines is 2. The fraction of sp³-hybridized carbons (Fsp3) is 0.269. The van der Waals surface area contributed by atoms with Crippen LogP contribution in [0.2, 0.25) is 0 Å². The zero-order valence-corrected chi connectivity index (χ0v) is 19.9. The Hall–Kier alpha value is -3.45. The molecule has 2 aromatic carbocycles. The minimum Gasteiger partial charge on any atom is -0.378 e. The Bertz CT molecular complexity index is 1380. The molecule has 7 heteroatoms. The molecule has 1 aliphatic carbocycles. The Morgan fingerprint density at radius 3 is 2.52 bits per heavy atom. The van der Waals surface area contributed by atoms with Crippen molar-refractivity contribution in [3.05, 3.63) is 80.5 Å². The molecule has 5 rings (SSSR count). The highest BCUT2D eigenvalue weighted by Gasteiger charge is 2.22. The monoisotopic (exact) mass is 457 g/mol. The summed E-state index contributed by atoms with van der Waals surface area (Å²) >= 11 is 1.65. The number of rotatable bonds is 5. The Morgan fingerprint density at radius 2 is 1.79 bits per heavy atom. The van der Waals surface area contributed by atoms with Gasteiger partial charge in [-0.25, -0.2) is 15.0 Å². The van der Waals surface area contributed by atoms with Crippen molar-refractivity contribution in [3.63, 3.8) is 0 Å². The Kier molecular flexibility index (Phi) is 5.72. The van der Waals surface area contributed by atoms with Crippen molar-refractivity contribution in [1.82, 2.24) is 9.55 Å². The van der Waals surface area contributed by atoms with E-state index in [9.17, 15) is 4.79 Å². The lowest BCUT2D eigenvalue weighted by Gasteiger charge is -2.13. The maximum absolute atomic E-state index is 13.7. The maximum Gasteiger partial charge on any atom is 0.268 e. The molecule has 1 aliphatic rings. The molecule has 2 heterocycles. The highest BCUT2D eigenvalue weighted by Crippen LogP contribution is 2.34. The number of nitrogens with zero attached hydrogens (tertiary/aromatic N) is 4. The first-order chi connectivity index (χ1) is 16.0. The van der Waals surface area contributed by atoms with E-state index in [0.717, 1.165) is 52.0 Å². The van der Waals surface area contributed by atoms with Crippen molar-refractivity contribution in [3.8, 4) is 5.69 Å². The lowest BCUT2D eigenvalue weighted by Crippen LogP contribution is -2.23. The van der Waals surface area contributed by atoms with E-state index < -0.39 is 0 Å². The van der Waals surface area contributed by atoms with Crippen LogP contribution < -0.4 is 15.9 Å². The molecule has 0 saturated heterocycles. The third-order valence-corrected chi connectivity index (χ3v) is 7.25. The molecular formula is C26H27N5OS. The number of benzene rings is 2. The van der Waals surface area contributed by atoms with E-state index in [2.05, 4.69) is 15.4 Å². The second-order valence-corrected chi connectivity index (χ2v) is 9.74. The van der Waals surface area contributed by atoms with Crippen LogP contribution in [0.4, 0.5) is 11.6 Å². The van der Waals surface area contributed by atoms with Crippen molar-refractivity contribution in [2.75, 3.05) is 24.4 Å². The van der Waals surface area contributed by atoms with Gasteiger partial charge in [0.05, 0.1) is 17.3 Å². The molecule has 0 unspecified atom stereocenters. The van der Waals surface area contributed by atoms with Crippen LogP contribution in [0, 0.1) is 6.92 Å². The molecule has 1 N–H and O–H groups in total. The highest BCUT2D eigenvalue weighted by molar-refractivity contribution is 7.18. The summed E-state index contributed by atoms with van der Waals surface area (Å²) in [7, 11) is 4.03. The number of nitrogens with one attached hydrogen (secondary N) is 1. The van der Waals surface area contributed by atoms with Crippen LogP contribution in [0.25, 0.3) is 15.9 Å². The van der Waals surface area contributed by atoms with Crippen LogP contribution in [0.3, 0.4) is 0 Å². The second-order valence-electron chi connectivity index (χ2n) is 8.66. The quantitative estimate of drug-likeness (QED) is 0.333. The normalized spacial score (nSPS) is 13.4. The summed E-state index contributed by atoms with van der Waals surface area (Å²) < 4.78 is 1.65. The van der Waals surface area contributed by atoms with Gasteiger partial charge in [0, 0.05) is 24.7 Å². The average Bonchev–Trinajstić information content (AvgIpc) is 3.19. The standard InChI is InChI=1S/C26H27N5OS/c1-17-8-12-20(13-9-17)31-25(32)23-21-6-4-5-7-22(21)33-24(23)28-26(31)29-27-16-18-10-14-19(15-11-18)30(2)3/h8-16H,4-7H2,1-3H3,(H,28,29). The van der Waals surface area contributed by atoms with Crippen molar-refractivity contribution >= 4 is 39.4 Å². The number of hydrogen-bond donors (Lipinski definition) is 1. The van der Waals surface area contributed by atoms with Gasteiger partial charge in [0.15, 0.2) is 0 Å². The van der Waals surface area contributed by atoms with Crippen LogP contribution in [-0.2, 0) is 12.8 Å². The molecule has 168 valence electrons. The van der Waals surface area contributed by atoms with Gasteiger partial charge in [0.2, 0.25) is 5.95 Å². The van der Waals surface area contributed by atoms with E-state index in [1.54, 1.807) is 22.1 Å². The van der Waals surface area contributed by atoms with E-state index in [4.69, 9.17) is 4.98 Å². The summed E-state index contributed by atoms with van der Waals surface area (Å²) in [6, 6.07) is 16.0. The Balaban J connectivity index is 1.57. The molecule has 0 saturated carbocycles. The van der Waals surface area contributed by atoms with Gasteiger partial charge in [-0.3, -0.25) is 4.79 Å². The Labute approximate surface area is 197 Å². The van der Waals surface area contributed by atoms with Crippen LogP contribution in [-0.4, -0.2) is 29.9 Å². The van der Waals surface area contributed by atoms with Gasteiger partial charge >= 0.3 is 0 Å². The van der Waals surface area contributed by atoms with Crippen LogP contribution in [0.5, 0.6) is 0 Å². The van der Waals surface area contributed by atoms with E-state index >= 15 is 0 Å². The number of hydrogen-bond acceptors (Lipinski definition) is 6. The van der Waals surface area contributed by atoms with Crippen LogP contribution >= 0.6 is 11.3 Å². The minimum atomic E-state index is -0.0312. The molecule has 0 fully saturated rings. The van der Waals surface area contributed by atoms with Crippen molar-refractivity contribution in [1.29, 1.82) is 0 Å². The van der Waals surface area contributed by atoms with E-state index in [1.165, 1.54) is 16.9 Å². The third kappa shape index (κ3) is 4.16. The zero-order valence-electron chi connectivity index (χ0n) is 19.1. The largest absolute Gasteiger partial charge is 0.378 e. The fourth-order valence-corrected chi connectivity index (χ4v) is 5.49. The predicted molar refractivity (Wildman–Crippen MR) is 139 cm³/mol. The minimum absolute atomic E-state index is 0.0312. The molecule has 4 aromatic rings. The molecular weight excluding hydrogens is 430 g/mol. The summed E-state index contributed by atoms with van der Waals surface area (Å²) in [6.45, 7) is 2.04. The zero-order chi connectivity index (χ0) is 22.9. The number of aromatic nitrogens is 2. The molecule has 0 bridgehead atoms. The molecule has 2 aromatic heterocycles. The molecule has 6 nitrogen and oxygen atoms in total. The number of thiophene rings is 1. The SMILES string of the molecule is Cc1ccc(-n2c(NN=Cc3ccc(N(C)C)cc3)nc3sc4c(c3c2=O)CCCC4)cc1. The summed E-state index contributed by atoms with van der Waals surface area (Å²) in [5.41, 5.74) is 8.21. The van der Waals surface area contributed by atoms with Gasteiger partial charge in [-0.2, -0.15) is 5.10 Å². The predicted octanol–water partition coefficient (Wildman–Crippen LogP) is 5.15. The van der Waals surface area contributed by atoms with E-state index in [1.807, 2.05) is 69.6 Å². The maximum atomic E-state index is 13.7. The lowest BCUT2D eigenvalue weighted by atomic mass is 9.97. The number of hydrazone groups is 1. The fourth-order valence-electron chi connectivity index (χ4n) is 4.24. The lowest BCUT2D eigenvalue weighted by molar-refractivity contribution is 0.699. The first kappa shape index (κ1) is 21.4. The highest BCUT2D eigenvalue weighted by atomic mass is 32.1. The van der Waals surface area contributed by atoms with Crippen molar-refractivity contribution < 1.29 is 0 Å². The van der Waals surface area contributed by atoms with Gasteiger partial charge in [-0.1, -0.05) is 29.8 Å². The smallest absolute Gasteiger partial charge is 0.268 e. The number of fused-ring (bicyclic) bond motifs is 3. The van der Waals surface area contributed by atoms with E-state index in [-0.39, 0.29) is 5.56 Å². The van der Waals surface area contributed by atoms with Crippen LogP contribution in [0.15, 0.2) is 58.4 Å². The molecule has 0 radical (unpaired) electrons. The summed E-state index contributed by atoms with van der Waals surface area (Å²) in [6.07, 6.45) is 6.03. The van der Waals surface area contributed by atoms with E-state index in [0.29, 0.717) is 5.95 Å². The molecule has 0 atom stereocenters. The first-order valence-corrected chi connectivity index (χ1v) is 12.0. The van der Waals surface area contributed by atoms with Gasteiger partial charge in [0.1, 0.15) is 4.83 Å². The topological polar surface area (TPSA) is 62.5 Å². The Morgan fingerprint density at radius 1 is 1.06 bits per heavy atom. The number of aryl methyl sites for hydroxylation is 3. The van der Waals surface area contributed by atoms with Gasteiger partial charge in [-0.05, 0) is 68.0 Å². The van der Waals surface area contributed by atoms with Gasteiger partial charge in [-0.15, -0.1) is 11.3 Å². The molecule has 0 spiro atoms. The molecule has 0 amide bonds. The third-order valence-electron chi connectivity index (χ3n) is 6.07. The summed E-state index contributed by atoms with van der Waals surface area (Å²) in [5.74, 6) is 0.427.